The van der Waals surface area contributed by atoms with E-state index in [1.807, 2.05) is 17.0 Å². The zero-order valence-electron chi connectivity index (χ0n) is 16.5. The third-order valence-electron chi connectivity index (χ3n) is 5.15. The third-order valence-corrected chi connectivity index (χ3v) is 5.15. The van der Waals surface area contributed by atoms with E-state index >= 15 is 0 Å². The number of carbonyl (C=O) groups is 2. The number of benzene rings is 1. The van der Waals surface area contributed by atoms with E-state index in [1.165, 1.54) is 0 Å². The van der Waals surface area contributed by atoms with Crippen LogP contribution in [0.3, 0.4) is 0 Å². The molecule has 0 saturated carbocycles. The van der Waals surface area contributed by atoms with Gasteiger partial charge in [-0.2, -0.15) is 0 Å². The van der Waals surface area contributed by atoms with Crippen LogP contribution in [0.25, 0.3) is 0 Å². The molecule has 8 nitrogen and oxygen atoms in total. The van der Waals surface area contributed by atoms with Gasteiger partial charge in [0.05, 0.1) is 20.3 Å². The highest BCUT2D eigenvalue weighted by Crippen LogP contribution is 2.25. The molecule has 2 amide bonds. The van der Waals surface area contributed by atoms with Gasteiger partial charge in [0.25, 0.3) is 5.91 Å². The van der Waals surface area contributed by atoms with Crippen LogP contribution in [-0.4, -0.2) is 99.3 Å². The van der Waals surface area contributed by atoms with E-state index in [4.69, 9.17) is 14.2 Å². The maximum absolute atomic E-state index is 12.4. The van der Waals surface area contributed by atoms with Crippen LogP contribution in [-0.2, 0) is 14.3 Å². The predicted octanol–water partition coefficient (Wildman–Crippen LogP) is 0.467. The molecule has 0 radical (unpaired) electrons. The quantitative estimate of drug-likeness (QED) is 0.673. The summed E-state index contributed by atoms with van der Waals surface area (Å²) in [6, 6.07) is 7.25. The van der Waals surface area contributed by atoms with Crippen LogP contribution in [0.5, 0.6) is 11.5 Å². The van der Waals surface area contributed by atoms with Gasteiger partial charge in [0.15, 0.2) is 18.1 Å². The van der Waals surface area contributed by atoms with Crippen molar-refractivity contribution in [3.05, 3.63) is 24.3 Å². The Bertz CT molecular complexity index is 655. The summed E-state index contributed by atoms with van der Waals surface area (Å²) in [4.78, 5) is 30.7. The number of piperazine rings is 1. The van der Waals surface area contributed by atoms with Gasteiger partial charge < -0.3 is 24.0 Å². The van der Waals surface area contributed by atoms with Gasteiger partial charge in [-0.25, -0.2) is 0 Å². The highest BCUT2D eigenvalue weighted by Gasteiger charge is 2.25. The molecule has 154 valence electrons. The molecule has 8 heteroatoms. The maximum atomic E-state index is 12.4. The fourth-order valence-electron chi connectivity index (χ4n) is 3.41. The van der Waals surface area contributed by atoms with Crippen molar-refractivity contribution in [1.82, 2.24) is 14.7 Å². The van der Waals surface area contributed by atoms with Crippen molar-refractivity contribution >= 4 is 11.8 Å². The predicted molar refractivity (Wildman–Crippen MR) is 104 cm³/mol. The molecule has 28 heavy (non-hydrogen) atoms. The van der Waals surface area contributed by atoms with Crippen molar-refractivity contribution in [2.24, 2.45) is 0 Å². The molecule has 2 aliphatic heterocycles. The van der Waals surface area contributed by atoms with E-state index in [1.54, 1.807) is 24.1 Å². The second-order valence-corrected chi connectivity index (χ2v) is 6.91. The summed E-state index contributed by atoms with van der Waals surface area (Å²) in [6.07, 6.45) is 0.519. The van der Waals surface area contributed by atoms with E-state index in [9.17, 15) is 9.59 Å². The average Bonchev–Trinajstić information content (AvgIpc) is 2.76. The van der Waals surface area contributed by atoms with Crippen LogP contribution < -0.4 is 9.47 Å². The first kappa shape index (κ1) is 20.4. The normalized spacial score (nSPS) is 18.0. The van der Waals surface area contributed by atoms with Gasteiger partial charge >= 0.3 is 0 Å². The SMILES string of the molecule is COc1ccccc1OCC(=O)N1CCN(C(=O)CCN2CCOCC2)CC1. The summed E-state index contributed by atoms with van der Waals surface area (Å²) < 4.78 is 16.2. The van der Waals surface area contributed by atoms with E-state index in [-0.39, 0.29) is 18.4 Å². The monoisotopic (exact) mass is 391 g/mol. The summed E-state index contributed by atoms with van der Waals surface area (Å²) in [5.74, 6) is 1.23. The lowest BCUT2D eigenvalue weighted by molar-refractivity contribution is -0.141. The molecule has 2 heterocycles. The van der Waals surface area contributed by atoms with E-state index in [0.717, 1.165) is 32.8 Å². The van der Waals surface area contributed by atoms with Crippen LogP contribution in [0.4, 0.5) is 0 Å². The van der Waals surface area contributed by atoms with E-state index in [2.05, 4.69) is 4.90 Å². The molecule has 0 aromatic heterocycles. The highest BCUT2D eigenvalue weighted by molar-refractivity contribution is 5.79. The van der Waals surface area contributed by atoms with Crippen molar-refractivity contribution in [2.75, 3.05) is 72.7 Å². The van der Waals surface area contributed by atoms with Crippen molar-refractivity contribution in [3.63, 3.8) is 0 Å². The van der Waals surface area contributed by atoms with Crippen molar-refractivity contribution < 1.29 is 23.8 Å². The molecule has 3 rings (SSSR count). The standard InChI is InChI=1S/C20H29N3O5/c1-26-17-4-2-3-5-18(17)28-16-20(25)23-10-8-22(9-11-23)19(24)6-7-21-12-14-27-15-13-21/h2-5H,6-16H2,1H3. The Kier molecular flexibility index (Phi) is 7.50. The van der Waals surface area contributed by atoms with Crippen LogP contribution in [0, 0.1) is 0 Å². The molecular formula is C20H29N3O5. The highest BCUT2D eigenvalue weighted by atomic mass is 16.5. The van der Waals surface area contributed by atoms with Crippen LogP contribution in [0.2, 0.25) is 0 Å². The minimum atomic E-state index is -0.0775. The minimum absolute atomic E-state index is 0.0364. The van der Waals surface area contributed by atoms with Gasteiger partial charge in [-0.15, -0.1) is 0 Å². The first-order valence-electron chi connectivity index (χ1n) is 9.79. The van der Waals surface area contributed by atoms with Crippen LogP contribution >= 0.6 is 0 Å². The van der Waals surface area contributed by atoms with Crippen LogP contribution in [0.1, 0.15) is 6.42 Å². The molecule has 0 bridgehead atoms. The zero-order chi connectivity index (χ0) is 19.8. The number of hydrogen-bond donors (Lipinski definition) is 0. The van der Waals surface area contributed by atoms with E-state index in [0.29, 0.717) is 44.1 Å². The first-order chi connectivity index (χ1) is 13.7. The number of nitrogens with zero attached hydrogens (tertiary/aromatic N) is 3. The average molecular weight is 391 g/mol. The third kappa shape index (κ3) is 5.59. The second kappa shape index (κ2) is 10.3. The Hall–Kier alpha value is -2.32. The summed E-state index contributed by atoms with van der Waals surface area (Å²) in [5, 5.41) is 0. The van der Waals surface area contributed by atoms with Gasteiger partial charge in [-0.1, -0.05) is 12.1 Å². The molecule has 2 aliphatic rings. The van der Waals surface area contributed by atoms with Gasteiger partial charge in [0.1, 0.15) is 0 Å². The van der Waals surface area contributed by atoms with Crippen molar-refractivity contribution in [2.45, 2.75) is 6.42 Å². The number of para-hydroxylation sites is 2. The molecule has 0 unspecified atom stereocenters. The lowest BCUT2D eigenvalue weighted by atomic mass is 10.2. The molecule has 0 spiro atoms. The van der Waals surface area contributed by atoms with Gasteiger partial charge in [-0.3, -0.25) is 14.5 Å². The summed E-state index contributed by atoms with van der Waals surface area (Å²) in [6.45, 7) is 6.22. The smallest absolute Gasteiger partial charge is 0.260 e. The number of carbonyl (C=O) groups excluding carboxylic acids is 2. The zero-order valence-corrected chi connectivity index (χ0v) is 16.5. The molecule has 2 saturated heterocycles. The molecule has 0 N–H and O–H groups in total. The molecule has 1 aromatic rings. The first-order valence-corrected chi connectivity index (χ1v) is 9.79. The Morgan fingerprint density at radius 2 is 1.54 bits per heavy atom. The van der Waals surface area contributed by atoms with Crippen molar-refractivity contribution in [3.8, 4) is 11.5 Å². The Balaban J connectivity index is 1.38. The number of morpholine rings is 1. The fraction of sp³-hybridized carbons (Fsp3) is 0.600. The summed E-state index contributed by atoms with van der Waals surface area (Å²) in [5.41, 5.74) is 0. The molecule has 0 atom stereocenters. The maximum Gasteiger partial charge on any atom is 0.260 e. The fourth-order valence-corrected chi connectivity index (χ4v) is 3.41. The summed E-state index contributed by atoms with van der Waals surface area (Å²) >= 11 is 0. The Morgan fingerprint density at radius 3 is 2.18 bits per heavy atom. The lowest BCUT2D eigenvalue weighted by Crippen LogP contribution is -2.52. The summed E-state index contributed by atoms with van der Waals surface area (Å²) in [7, 11) is 1.57. The lowest BCUT2D eigenvalue weighted by Gasteiger charge is -2.35. The number of ether oxygens (including phenoxy) is 3. The Morgan fingerprint density at radius 1 is 0.929 bits per heavy atom. The topological polar surface area (TPSA) is 71.6 Å². The van der Waals surface area contributed by atoms with Crippen molar-refractivity contribution in [1.29, 1.82) is 0 Å². The van der Waals surface area contributed by atoms with Gasteiger partial charge in [0.2, 0.25) is 5.91 Å². The number of methoxy groups -OCH3 is 1. The van der Waals surface area contributed by atoms with Gasteiger partial charge in [-0.05, 0) is 12.1 Å². The number of rotatable bonds is 7. The van der Waals surface area contributed by atoms with Crippen LogP contribution in [0.15, 0.2) is 24.3 Å². The molecule has 0 aliphatic carbocycles. The minimum Gasteiger partial charge on any atom is -0.493 e. The second-order valence-electron chi connectivity index (χ2n) is 6.91. The largest absolute Gasteiger partial charge is 0.493 e. The molecular weight excluding hydrogens is 362 g/mol. The molecule has 1 aromatic carbocycles. The molecule has 2 fully saturated rings. The number of amides is 2. The Labute approximate surface area is 165 Å². The van der Waals surface area contributed by atoms with Gasteiger partial charge in [0, 0.05) is 52.2 Å². The van der Waals surface area contributed by atoms with E-state index < -0.39 is 0 Å². The number of hydrogen-bond acceptors (Lipinski definition) is 6.